The fourth-order valence-corrected chi connectivity index (χ4v) is 10.1. The summed E-state index contributed by atoms with van der Waals surface area (Å²) in [7, 11) is 1.42. The Labute approximate surface area is 362 Å². The van der Waals surface area contributed by atoms with Crippen LogP contribution in [0, 0.1) is 38.5 Å². The zero-order chi connectivity index (χ0) is 44.7. The van der Waals surface area contributed by atoms with Crippen molar-refractivity contribution in [3.63, 3.8) is 0 Å². The molecule has 4 aromatic rings. The maximum atomic E-state index is 12.1. The van der Waals surface area contributed by atoms with Crippen LogP contribution in [0.2, 0.25) is 0 Å². The summed E-state index contributed by atoms with van der Waals surface area (Å²) in [6.45, 7) is 29.0. The van der Waals surface area contributed by atoms with E-state index in [1.54, 1.807) is 0 Å². The van der Waals surface area contributed by atoms with E-state index in [0.29, 0.717) is 9.75 Å². The number of esters is 1. The Morgan fingerprint density at radius 2 is 0.949 bits per heavy atom. The Morgan fingerprint density at radius 3 is 1.24 bits per heavy atom. The van der Waals surface area contributed by atoms with Gasteiger partial charge in [0.05, 0.1) is 19.3 Å². The topological polar surface area (TPSA) is 123 Å². The van der Waals surface area contributed by atoms with Crippen molar-refractivity contribution < 1.29 is 39.1 Å². The van der Waals surface area contributed by atoms with E-state index < -0.39 is 18.2 Å². The van der Waals surface area contributed by atoms with Crippen molar-refractivity contribution in [2.24, 2.45) is 10.8 Å². The average molecular weight is 851 g/mol. The molecule has 326 valence electrons. The maximum absolute atomic E-state index is 12.1. The van der Waals surface area contributed by atoms with Crippen molar-refractivity contribution in [2.75, 3.05) is 20.3 Å². The summed E-state index contributed by atoms with van der Waals surface area (Å²) in [5.41, 5.74) is 5.37. The van der Waals surface area contributed by atoms with Crippen LogP contribution >= 0.6 is 22.7 Å². The van der Waals surface area contributed by atoms with Crippen LogP contribution < -0.4 is 9.47 Å². The van der Waals surface area contributed by atoms with E-state index >= 15 is 0 Å². The van der Waals surface area contributed by atoms with Crippen molar-refractivity contribution in [1.82, 2.24) is 0 Å². The second kappa shape index (κ2) is 20.2. The fourth-order valence-electron chi connectivity index (χ4n) is 7.30. The van der Waals surface area contributed by atoms with Gasteiger partial charge in [0.25, 0.3) is 0 Å². The first kappa shape index (κ1) is 49.7. The predicted molar refractivity (Wildman–Crippen MR) is 243 cm³/mol. The van der Waals surface area contributed by atoms with E-state index in [9.17, 15) is 24.9 Å². The molecule has 2 aromatic heterocycles. The van der Waals surface area contributed by atoms with Crippen LogP contribution in [-0.2, 0) is 15.6 Å². The van der Waals surface area contributed by atoms with Crippen LogP contribution in [0.15, 0.2) is 48.5 Å². The van der Waals surface area contributed by atoms with Gasteiger partial charge < -0.3 is 29.5 Å². The highest BCUT2D eigenvalue weighted by molar-refractivity contribution is 7.14. The highest BCUT2D eigenvalue weighted by Crippen LogP contribution is 2.46. The van der Waals surface area contributed by atoms with Crippen LogP contribution in [0.5, 0.6) is 11.5 Å². The molecule has 2 aromatic carbocycles. The van der Waals surface area contributed by atoms with Gasteiger partial charge in [-0.05, 0) is 122 Å². The van der Waals surface area contributed by atoms with Gasteiger partial charge in [0, 0.05) is 20.6 Å². The molecule has 2 unspecified atom stereocenters. The lowest BCUT2D eigenvalue weighted by atomic mass is 9.74. The van der Waals surface area contributed by atoms with Crippen LogP contribution in [0.1, 0.15) is 157 Å². The number of methoxy groups -OCH3 is 1. The molecule has 8 nitrogen and oxygen atoms in total. The molecule has 0 aliphatic carbocycles. The van der Waals surface area contributed by atoms with Crippen LogP contribution in [-0.4, -0.2) is 59.8 Å². The molecule has 3 N–H and O–H groups in total. The minimum atomic E-state index is -0.864. The van der Waals surface area contributed by atoms with E-state index in [1.807, 2.05) is 87.4 Å². The molecule has 0 spiro atoms. The minimum absolute atomic E-state index is 0.171. The van der Waals surface area contributed by atoms with Gasteiger partial charge in [0.1, 0.15) is 34.5 Å². The van der Waals surface area contributed by atoms with E-state index in [1.165, 1.54) is 45.8 Å². The monoisotopic (exact) mass is 850 g/mol. The van der Waals surface area contributed by atoms with E-state index in [-0.39, 0.29) is 40.8 Å². The van der Waals surface area contributed by atoms with Gasteiger partial charge in [0.2, 0.25) is 0 Å². The molecule has 0 saturated carbocycles. The second-order valence-electron chi connectivity index (χ2n) is 18.0. The molecular formula is C49H70O8S2. The number of hydrogen-bond acceptors (Lipinski definition) is 9. The lowest BCUT2D eigenvalue weighted by molar-refractivity contribution is 0.0216. The third kappa shape index (κ3) is 11.4. The van der Waals surface area contributed by atoms with Gasteiger partial charge >= 0.3 is 11.9 Å². The normalized spacial score (nSPS) is 13.3. The van der Waals surface area contributed by atoms with Crippen molar-refractivity contribution >= 4 is 34.6 Å². The molecule has 2 atom stereocenters. The van der Waals surface area contributed by atoms with Gasteiger partial charge in [0.15, 0.2) is 0 Å². The number of aliphatic hydroxyl groups is 2. The highest BCUT2D eigenvalue weighted by Gasteiger charge is 2.36. The lowest BCUT2D eigenvalue weighted by Crippen LogP contribution is -2.32. The molecule has 0 radical (unpaired) electrons. The smallest absolute Gasteiger partial charge is 0.348 e. The van der Waals surface area contributed by atoms with Gasteiger partial charge in [-0.15, -0.1) is 22.7 Å². The first-order valence-corrected chi connectivity index (χ1v) is 22.5. The molecule has 59 heavy (non-hydrogen) atoms. The first-order chi connectivity index (χ1) is 27.5. The van der Waals surface area contributed by atoms with Gasteiger partial charge in [-0.3, -0.25) is 0 Å². The van der Waals surface area contributed by atoms with Gasteiger partial charge in [-0.2, -0.15) is 0 Å². The molecule has 10 heteroatoms. The van der Waals surface area contributed by atoms with E-state index in [0.717, 1.165) is 64.3 Å². The maximum Gasteiger partial charge on any atom is 0.348 e. The number of carbonyl (C=O) groups excluding carboxylic acids is 1. The molecule has 0 aliphatic rings. The molecule has 0 fully saturated rings. The van der Waals surface area contributed by atoms with E-state index in [4.69, 9.17) is 14.2 Å². The molecule has 0 saturated heterocycles. The molecular weight excluding hydrogens is 781 g/mol. The van der Waals surface area contributed by atoms with Crippen LogP contribution in [0.4, 0.5) is 0 Å². The standard InChI is InChI=1S/C25H36O4S.C24H34O4S/c1-9-25(10-2,21-14-17(4)22(30-21)23(27)28-8)18-11-12-19(16(3)13-18)29-15-20(26)24(5,6)7;1-8-24(9-2,20-13-16(4)21(29-20)22(26)27)17-10-11-18(15(3)12-17)28-14-19(25)23(5,6)7/h11-14,20,26H,9-10,15H2,1-8H3;10-13,19,25H,8-9,14H2,1-7H3,(H,26,27). The number of thiophene rings is 2. The number of ether oxygens (including phenoxy) is 3. The summed E-state index contributed by atoms with van der Waals surface area (Å²) >= 11 is 2.91. The molecule has 4 rings (SSSR count). The van der Waals surface area contributed by atoms with Crippen molar-refractivity contribution in [1.29, 1.82) is 0 Å². The Kier molecular flexibility index (Phi) is 17.0. The van der Waals surface area contributed by atoms with Crippen molar-refractivity contribution in [2.45, 2.75) is 146 Å². The number of hydrogen-bond donors (Lipinski definition) is 3. The van der Waals surface area contributed by atoms with Crippen molar-refractivity contribution in [3.05, 3.63) is 101 Å². The third-order valence-electron chi connectivity index (χ3n) is 12.0. The summed E-state index contributed by atoms with van der Waals surface area (Å²) < 4.78 is 16.8. The summed E-state index contributed by atoms with van der Waals surface area (Å²) in [5, 5.41) is 30.0. The molecule has 0 amide bonds. The number of carboxylic acids is 1. The number of aromatic carboxylic acids is 1. The Morgan fingerprint density at radius 1 is 0.593 bits per heavy atom. The largest absolute Gasteiger partial charge is 0.491 e. The SMILES string of the molecule is CCC(CC)(c1ccc(OCC(O)C(C)(C)C)c(C)c1)c1cc(C)c(C(=O)O)s1.CCC(CC)(c1ccc(OCC(O)C(C)(C)C)c(C)c1)c1cc(C)c(C(=O)OC)s1. The van der Waals surface area contributed by atoms with Crippen LogP contribution in [0.25, 0.3) is 0 Å². The van der Waals surface area contributed by atoms with E-state index in [2.05, 4.69) is 58.0 Å². The zero-order valence-electron chi connectivity index (χ0n) is 38.2. The summed E-state index contributed by atoms with van der Waals surface area (Å²) in [4.78, 5) is 27.0. The minimum Gasteiger partial charge on any atom is -0.491 e. The quantitative estimate of drug-likeness (QED) is 0.0953. The highest BCUT2D eigenvalue weighted by atomic mass is 32.1. The third-order valence-corrected chi connectivity index (χ3v) is 14.9. The van der Waals surface area contributed by atoms with Crippen LogP contribution in [0.3, 0.4) is 0 Å². The number of carboxylic acid groups (broad SMARTS) is 1. The Hall–Kier alpha value is -3.70. The van der Waals surface area contributed by atoms with Crippen molar-refractivity contribution in [3.8, 4) is 11.5 Å². The Balaban J connectivity index is 0.000000316. The van der Waals surface area contributed by atoms with Gasteiger partial charge in [-0.25, -0.2) is 9.59 Å². The molecule has 2 heterocycles. The molecule has 0 aliphatic heterocycles. The fraction of sp³-hybridized carbons (Fsp3) is 0.551. The average Bonchev–Trinajstić information content (AvgIpc) is 3.77. The summed E-state index contributed by atoms with van der Waals surface area (Å²) in [5.74, 6) is 0.423. The van der Waals surface area contributed by atoms with Gasteiger partial charge in [-0.1, -0.05) is 93.5 Å². The number of aliphatic hydroxyl groups excluding tert-OH is 2. The number of carbonyl (C=O) groups is 2. The zero-order valence-corrected chi connectivity index (χ0v) is 39.8. The number of aryl methyl sites for hydroxylation is 4. The first-order valence-electron chi connectivity index (χ1n) is 20.8. The molecule has 0 bridgehead atoms. The number of benzene rings is 2. The number of rotatable bonds is 16. The lowest BCUT2D eigenvalue weighted by Gasteiger charge is -2.32. The Bertz CT molecular complexity index is 2020. The summed E-state index contributed by atoms with van der Waals surface area (Å²) in [6.07, 6.45) is 2.53. The summed E-state index contributed by atoms with van der Waals surface area (Å²) in [6, 6.07) is 16.6. The predicted octanol–water partition coefficient (Wildman–Crippen LogP) is 12.0. The second-order valence-corrected chi connectivity index (χ2v) is 20.1.